The highest BCUT2D eigenvalue weighted by Gasteiger charge is 2.70. The molecule has 0 radical (unpaired) electrons. The molecule has 0 bridgehead atoms. The smallest absolute Gasteiger partial charge is 0.393 e. The molecular formula is C9H14F6O3. The Morgan fingerprint density at radius 2 is 1.28 bits per heavy atom. The molecule has 0 rings (SSSR count). The van der Waals surface area contributed by atoms with Crippen LogP contribution in [-0.2, 0) is 0 Å². The monoisotopic (exact) mass is 284 g/mol. The topological polar surface area (TPSA) is 60.7 Å². The Kier molecular flexibility index (Phi) is 5.45. The molecule has 18 heavy (non-hydrogen) atoms. The molecule has 0 amide bonds. The summed E-state index contributed by atoms with van der Waals surface area (Å²) in [6.07, 6.45) is -17.4. The van der Waals surface area contributed by atoms with E-state index in [1.165, 1.54) is 6.92 Å². The summed E-state index contributed by atoms with van der Waals surface area (Å²) in [6.45, 7) is 1.27. The summed E-state index contributed by atoms with van der Waals surface area (Å²) in [5.41, 5.74) is -4.95. The molecule has 3 nitrogen and oxygen atoms in total. The van der Waals surface area contributed by atoms with Gasteiger partial charge in [0, 0.05) is 6.42 Å². The van der Waals surface area contributed by atoms with Crippen molar-refractivity contribution in [3.05, 3.63) is 0 Å². The third-order valence-electron chi connectivity index (χ3n) is 2.39. The summed E-state index contributed by atoms with van der Waals surface area (Å²) in [5, 5.41) is 26.6. The van der Waals surface area contributed by atoms with Gasteiger partial charge in [-0.05, 0) is 19.8 Å². The highest BCUT2D eigenvalue weighted by atomic mass is 19.4. The van der Waals surface area contributed by atoms with Crippen molar-refractivity contribution < 1.29 is 41.7 Å². The molecule has 0 aromatic rings. The van der Waals surface area contributed by atoms with Crippen LogP contribution in [0.3, 0.4) is 0 Å². The second kappa shape index (κ2) is 5.62. The van der Waals surface area contributed by atoms with Crippen LogP contribution in [0, 0.1) is 0 Å². The van der Waals surface area contributed by atoms with E-state index in [1.807, 2.05) is 0 Å². The van der Waals surface area contributed by atoms with Gasteiger partial charge < -0.3 is 15.3 Å². The Morgan fingerprint density at radius 3 is 1.56 bits per heavy atom. The van der Waals surface area contributed by atoms with E-state index >= 15 is 0 Å². The van der Waals surface area contributed by atoms with Gasteiger partial charge in [-0.25, -0.2) is 0 Å². The quantitative estimate of drug-likeness (QED) is 0.674. The minimum atomic E-state index is -5.93. The fourth-order valence-electron chi connectivity index (χ4n) is 1.27. The van der Waals surface area contributed by atoms with Gasteiger partial charge in [-0.1, -0.05) is 0 Å². The van der Waals surface area contributed by atoms with Crippen molar-refractivity contribution in [2.45, 2.75) is 56.3 Å². The SMILES string of the molecule is CC(O)CCC(O)CC(O)(C(F)(F)F)C(F)(F)F. The van der Waals surface area contributed by atoms with Gasteiger partial charge in [-0.2, -0.15) is 26.3 Å². The van der Waals surface area contributed by atoms with Gasteiger partial charge in [-0.3, -0.25) is 0 Å². The van der Waals surface area contributed by atoms with Crippen molar-refractivity contribution >= 4 is 0 Å². The maximum atomic E-state index is 12.2. The zero-order valence-electron chi connectivity index (χ0n) is 9.39. The fraction of sp³-hybridized carbons (Fsp3) is 1.00. The van der Waals surface area contributed by atoms with Crippen LogP contribution in [0.15, 0.2) is 0 Å². The first-order chi connectivity index (χ1) is 7.81. The van der Waals surface area contributed by atoms with E-state index in [0.29, 0.717) is 0 Å². The summed E-state index contributed by atoms with van der Waals surface area (Å²) in [6, 6.07) is 0. The molecule has 0 saturated carbocycles. The Bertz CT molecular complexity index is 246. The molecule has 0 aliphatic rings. The molecule has 0 aliphatic carbocycles. The normalized spacial score (nSPS) is 17.7. The van der Waals surface area contributed by atoms with E-state index < -0.39 is 43.0 Å². The summed E-state index contributed by atoms with van der Waals surface area (Å²) < 4.78 is 73.4. The Hall–Kier alpha value is -0.540. The predicted octanol–water partition coefficient (Wildman–Crippen LogP) is 1.75. The lowest BCUT2D eigenvalue weighted by molar-refractivity contribution is -0.374. The van der Waals surface area contributed by atoms with Gasteiger partial charge in [0.25, 0.3) is 5.60 Å². The summed E-state index contributed by atoms with van der Waals surface area (Å²) in [5.74, 6) is 0. The van der Waals surface area contributed by atoms with Crippen LogP contribution < -0.4 is 0 Å². The molecule has 0 fully saturated rings. The van der Waals surface area contributed by atoms with Gasteiger partial charge >= 0.3 is 12.4 Å². The van der Waals surface area contributed by atoms with Gasteiger partial charge in [0.05, 0.1) is 12.2 Å². The van der Waals surface area contributed by atoms with Crippen molar-refractivity contribution in [3.63, 3.8) is 0 Å². The first kappa shape index (κ1) is 17.5. The van der Waals surface area contributed by atoms with Crippen LogP contribution in [0.2, 0.25) is 0 Å². The van der Waals surface area contributed by atoms with Gasteiger partial charge in [0.1, 0.15) is 0 Å². The molecule has 2 unspecified atom stereocenters. The minimum absolute atomic E-state index is 0.174. The average Bonchev–Trinajstić information content (AvgIpc) is 2.10. The van der Waals surface area contributed by atoms with Gasteiger partial charge in [0.15, 0.2) is 0 Å². The van der Waals surface area contributed by atoms with E-state index in [9.17, 15) is 26.3 Å². The molecule has 3 N–H and O–H groups in total. The van der Waals surface area contributed by atoms with Crippen LogP contribution in [0.5, 0.6) is 0 Å². The lowest BCUT2D eigenvalue weighted by Gasteiger charge is -2.33. The van der Waals surface area contributed by atoms with Crippen molar-refractivity contribution in [3.8, 4) is 0 Å². The standard InChI is InChI=1S/C9H14F6O3/c1-5(16)2-3-6(17)4-7(18,8(10,11)12)9(13,14)15/h5-6,16-18H,2-4H2,1H3. The summed E-state index contributed by atoms with van der Waals surface area (Å²) in [7, 11) is 0. The number of hydrogen-bond acceptors (Lipinski definition) is 3. The maximum Gasteiger partial charge on any atom is 0.426 e. The average molecular weight is 284 g/mol. The lowest BCUT2D eigenvalue weighted by atomic mass is 9.92. The van der Waals surface area contributed by atoms with E-state index in [2.05, 4.69) is 0 Å². The highest BCUT2D eigenvalue weighted by molar-refractivity contribution is 4.95. The lowest BCUT2D eigenvalue weighted by Crippen LogP contribution is -2.58. The molecule has 0 spiro atoms. The zero-order valence-corrected chi connectivity index (χ0v) is 9.39. The number of aliphatic hydroxyl groups is 3. The number of hydrogen-bond donors (Lipinski definition) is 3. The molecule has 0 aliphatic heterocycles. The summed E-state index contributed by atoms with van der Waals surface area (Å²) >= 11 is 0. The van der Waals surface area contributed by atoms with Crippen molar-refractivity contribution in [1.29, 1.82) is 0 Å². The van der Waals surface area contributed by atoms with Crippen LogP contribution in [0.4, 0.5) is 26.3 Å². The second-order valence-corrected chi connectivity index (χ2v) is 4.14. The molecule has 110 valence electrons. The highest BCUT2D eigenvalue weighted by Crippen LogP contribution is 2.46. The molecular weight excluding hydrogens is 270 g/mol. The molecule has 0 saturated heterocycles. The Labute approximate surface area is 99.0 Å². The Morgan fingerprint density at radius 1 is 0.889 bits per heavy atom. The molecule has 0 heterocycles. The zero-order chi connectivity index (χ0) is 14.8. The van der Waals surface area contributed by atoms with Crippen LogP contribution in [0.1, 0.15) is 26.2 Å². The number of alkyl halides is 6. The van der Waals surface area contributed by atoms with Crippen molar-refractivity contribution in [2.75, 3.05) is 0 Å². The molecule has 0 aromatic heterocycles. The number of aliphatic hydroxyl groups excluding tert-OH is 2. The Balaban J connectivity index is 4.84. The van der Waals surface area contributed by atoms with Crippen molar-refractivity contribution in [2.24, 2.45) is 0 Å². The van der Waals surface area contributed by atoms with E-state index in [4.69, 9.17) is 15.3 Å². The molecule has 2 atom stereocenters. The molecule has 9 heteroatoms. The maximum absolute atomic E-state index is 12.2. The van der Waals surface area contributed by atoms with Gasteiger partial charge in [-0.15, -0.1) is 0 Å². The fourth-order valence-corrected chi connectivity index (χ4v) is 1.27. The number of halogens is 6. The minimum Gasteiger partial charge on any atom is -0.393 e. The molecule has 0 aromatic carbocycles. The van der Waals surface area contributed by atoms with Crippen LogP contribution >= 0.6 is 0 Å². The van der Waals surface area contributed by atoms with E-state index in [-0.39, 0.29) is 6.42 Å². The largest absolute Gasteiger partial charge is 0.426 e. The predicted molar refractivity (Wildman–Crippen MR) is 48.6 cm³/mol. The van der Waals surface area contributed by atoms with Gasteiger partial charge in [0.2, 0.25) is 0 Å². The van der Waals surface area contributed by atoms with Crippen LogP contribution in [-0.4, -0.2) is 45.5 Å². The number of rotatable bonds is 5. The third kappa shape index (κ3) is 4.29. The summed E-state index contributed by atoms with van der Waals surface area (Å²) in [4.78, 5) is 0. The first-order valence-electron chi connectivity index (χ1n) is 5.03. The van der Waals surface area contributed by atoms with E-state index in [1.54, 1.807) is 0 Å². The van der Waals surface area contributed by atoms with E-state index in [0.717, 1.165) is 0 Å². The second-order valence-electron chi connectivity index (χ2n) is 4.14. The first-order valence-corrected chi connectivity index (χ1v) is 5.03. The van der Waals surface area contributed by atoms with Crippen molar-refractivity contribution in [1.82, 2.24) is 0 Å². The van der Waals surface area contributed by atoms with Crippen LogP contribution in [0.25, 0.3) is 0 Å². The third-order valence-corrected chi connectivity index (χ3v) is 2.39.